The maximum atomic E-state index is 12.7. The highest BCUT2D eigenvalue weighted by molar-refractivity contribution is 5.82. The highest BCUT2D eigenvalue weighted by Crippen LogP contribution is 2.33. The first-order valence-electron chi connectivity index (χ1n) is 14.2. The number of hydrogen-bond donors (Lipinski definition) is 2. The van der Waals surface area contributed by atoms with Crippen LogP contribution in [0.25, 0.3) is 0 Å². The molecule has 0 aliphatic carbocycles. The molecule has 0 fully saturated rings. The maximum absolute atomic E-state index is 12.7. The van der Waals surface area contributed by atoms with E-state index in [1.165, 1.54) is 12.1 Å². The zero-order chi connectivity index (χ0) is 30.7. The van der Waals surface area contributed by atoms with Crippen molar-refractivity contribution in [3.8, 4) is 11.5 Å². The van der Waals surface area contributed by atoms with Crippen molar-refractivity contribution in [2.75, 3.05) is 0 Å². The van der Waals surface area contributed by atoms with E-state index in [2.05, 4.69) is 5.32 Å². The standard InChI is InChI=1S/C31H49NO8/c1-10-12-13-14-25(33)40-31(28(36)37,32-21(3)11-2)18-22-15-16-23(38-26(34)19-29(4,5)6)24(17-22)39-27(35)20-30(7,8)9/h15-17,21,32H,10-14,18-20H2,1-9H3,(H,36,37)/t21?,31-/m0/s1. The van der Waals surface area contributed by atoms with E-state index in [0.717, 1.165) is 12.8 Å². The normalized spacial score (nSPS) is 14.1. The highest BCUT2D eigenvalue weighted by Gasteiger charge is 2.44. The Morgan fingerprint density at radius 3 is 1.88 bits per heavy atom. The minimum Gasteiger partial charge on any atom is -0.477 e. The molecule has 0 aliphatic heterocycles. The van der Waals surface area contributed by atoms with Crippen LogP contribution in [-0.2, 0) is 30.3 Å². The summed E-state index contributed by atoms with van der Waals surface area (Å²) in [5.41, 5.74) is -2.30. The van der Waals surface area contributed by atoms with E-state index in [4.69, 9.17) is 14.2 Å². The monoisotopic (exact) mass is 563 g/mol. The summed E-state index contributed by atoms with van der Waals surface area (Å²) in [6.07, 6.45) is 3.03. The van der Waals surface area contributed by atoms with Gasteiger partial charge in [-0.2, -0.15) is 0 Å². The van der Waals surface area contributed by atoms with Crippen LogP contribution in [0.2, 0.25) is 0 Å². The number of carboxylic acids is 1. The fourth-order valence-corrected chi connectivity index (χ4v) is 3.86. The van der Waals surface area contributed by atoms with Crippen molar-refractivity contribution in [3.05, 3.63) is 23.8 Å². The number of benzene rings is 1. The van der Waals surface area contributed by atoms with Crippen molar-refractivity contribution in [3.63, 3.8) is 0 Å². The van der Waals surface area contributed by atoms with E-state index in [9.17, 15) is 24.3 Å². The van der Waals surface area contributed by atoms with Gasteiger partial charge in [0, 0.05) is 18.9 Å². The number of esters is 3. The molecule has 9 nitrogen and oxygen atoms in total. The third-order valence-electron chi connectivity index (χ3n) is 5.97. The van der Waals surface area contributed by atoms with Gasteiger partial charge in [-0.25, -0.2) is 4.79 Å². The summed E-state index contributed by atoms with van der Waals surface area (Å²) < 4.78 is 16.8. The fourth-order valence-electron chi connectivity index (χ4n) is 3.86. The van der Waals surface area contributed by atoms with Gasteiger partial charge in [0.2, 0.25) is 0 Å². The zero-order valence-electron chi connectivity index (χ0n) is 25.8. The van der Waals surface area contributed by atoms with E-state index in [-0.39, 0.29) is 54.1 Å². The molecule has 1 unspecified atom stereocenters. The lowest BCUT2D eigenvalue weighted by molar-refractivity contribution is -0.184. The first kappa shape index (κ1) is 35.1. The number of unbranched alkanes of at least 4 members (excludes halogenated alkanes) is 2. The topological polar surface area (TPSA) is 128 Å². The van der Waals surface area contributed by atoms with Crippen molar-refractivity contribution in [2.45, 2.75) is 125 Å². The molecule has 0 heterocycles. The highest BCUT2D eigenvalue weighted by atomic mass is 16.6. The molecule has 0 bridgehead atoms. The molecular weight excluding hydrogens is 514 g/mol. The van der Waals surface area contributed by atoms with Gasteiger partial charge < -0.3 is 19.3 Å². The van der Waals surface area contributed by atoms with E-state index in [1.54, 1.807) is 13.0 Å². The number of aliphatic carboxylic acids is 1. The van der Waals surface area contributed by atoms with E-state index < -0.39 is 29.6 Å². The Hall–Kier alpha value is -2.94. The predicted octanol–water partition coefficient (Wildman–Crippen LogP) is 6.20. The van der Waals surface area contributed by atoms with Crippen molar-refractivity contribution in [1.29, 1.82) is 0 Å². The lowest BCUT2D eigenvalue weighted by atomic mass is 9.92. The fraction of sp³-hybridized carbons (Fsp3) is 0.677. The molecule has 0 aliphatic rings. The predicted molar refractivity (Wildman–Crippen MR) is 153 cm³/mol. The van der Waals surface area contributed by atoms with Gasteiger partial charge in [-0.05, 0) is 48.3 Å². The quantitative estimate of drug-likeness (QED) is 0.111. The summed E-state index contributed by atoms with van der Waals surface area (Å²) in [4.78, 5) is 50.6. The van der Waals surface area contributed by atoms with Crippen molar-refractivity contribution in [2.24, 2.45) is 10.8 Å². The summed E-state index contributed by atoms with van der Waals surface area (Å²) >= 11 is 0. The van der Waals surface area contributed by atoms with E-state index in [0.29, 0.717) is 18.4 Å². The maximum Gasteiger partial charge on any atom is 0.364 e. The molecule has 0 saturated carbocycles. The molecule has 1 aromatic rings. The summed E-state index contributed by atoms with van der Waals surface area (Å²) in [6.45, 7) is 17.1. The molecule has 0 amide bonds. The Morgan fingerprint density at radius 2 is 1.40 bits per heavy atom. The first-order chi connectivity index (χ1) is 18.4. The first-order valence-corrected chi connectivity index (χ1v) is 14.2. The number of carboxylic acid groups (broad SMARTS) is 1. The zero-order valence-corrected chi connectivity index (χ0v) is 25.8. The Kier molecular flexibility index (Phi) is 13.3. The van der Waals surface area contributed by atoms with Gasteiger partial charge in [0.1, 0.15) is 0 Å². The minimum absolute atomic E-state index is 0.00823. The van der Waals surface area contributed by atoms with Gasteiger partial charge in [-0.1, -0.05) is 74.3 Å². The number of hydrogen-bond acceptors (Lipinski definition) is 8. The number of carbonyl (C=O) groups is 4. The summed E-state index contributed by atoms with van der Waals surface area (Å²) in [7, 11) is 0. The summed E-state index contributed by atoms with van der Waals surface area (Å²) in [5, 5.41) is 13.3. The molecule has 0 radical (unpaired) electrons. The lowest BCUT2D eigenvalue weighted by Crippen LogP contribution is -2.59. The van der Waals surface area contributed by atoms with Crippen molar-refractivity contribution >= 4 is 23.9 Å². The molecule has 0 spiro atoms. The Bertz CT molecular complexity index is 1020. The van der Waals surface area contributed by atoms with Crippen LogP contribution < -0.4 is 14.8 Å². The molecule has 40 heavy (non-hydrogen) atoms. The van der Waals surface area contributed by atoms with Crippen LogP contribution in [0.1, 0.15) is 113 Å². The van der Waals surface area contributed by atoms with Gasteiger partial charge in [0.05, 0.1) is 12.8 Å². The SMILES string of the molecule is CCCCCC(=O)O[C@](Cc1ccc(OC(=O)CC(C)(C)C)c(OC(=O)CC(C)(C)C)c1)(NC(C)CC)C(=O)O. The van der Waals surface area contributed by atoms with Crippen LogP contribution in [0.15, 0.2) is 18.2 Å². The number of carbonyl (C=O) groups excluding carboxylic acids is 3. The lowest BCUT2D eigenvalue weighted by Gasteiger charge is -2.33. The van der Waals surface area contributed by atoms with Crippen LogP contribution in [0.5, 0.6) is 11.5 Å². The minimum atomic E-state index is -2.05. The molecule has 226 valence electrons. The Morgan fingerprint density at radius 1 is 0.850 bits per heavy atom. The largest absolute Gasteiger partial charge is 0.477 e. The number of nitrogens with one attached hydrogen (secondary N) is 1. The van der Waals surface area contributed by atoms with Crippen LogP contribution in [-0.4, -0.2) is 40.8 Å². The summed E-state index contributed by atoms with van der Waals surface area (Å²) in [6, 6.07) is 4.22. The second-order valence-electron chi connectivity index (χ2n) is 12.9. The van der Waals surface area contributed by atoms with Gasteiger partial charge in [0.25, 0.3) is 5.72 Å². The van der Waals surface area contributed by atoms with Crippen LogP contribution in [0.3, 0.4) is 0 Å². The van der Waals surface area contributed by atoms with Gasteiger partial charge in [-0.3, -0.25) is 19.7 Å². The average molecular weight is 564 g/mol. The summed E-state index contributed by atoms with van der Waals surface area (Å²) in [5.74, 6) is -2.94. The van der Waals surface area contributed by atoms with Crippen LogP contribution in [0, 0.1) is 10.8 Å². The van der Waals surface area contributed by atoms with Gasteiger partial charge in [0.15, 0.2) is 11.5 Å². The molecule has 2 N–H and O–H groups in total. The Balaban J connectivity index is 3.46. The average Bonchev–Trinajstić information content (AvgIpc) is 2.78. The van der Waals surface area contributed by atoms with Crippen LogP contribution >= 0.6 is 0 Å². The molecule has 0 aromatic heterocycles. The van der Waals surface area contributed by atoms with E-state index >= 15 is 0 Å². The third-order valence-corrected chi connectivity index (χ3v) is 5.97. The van der Waals surface area contributed by atoms with Crippen LogP contribution in [0.4, 0.5) is 0 Å². The molecule has 0 saturated heterocycles. The van der Waals surface area contributed by atoms with E-state index in [1.807, 2.05) is 55.4 Å². The van der Waals surface area contributed by atoms with Gasteiger partial charge >= 0.3 is 23.9 Å². The second kappa shape index (κ2) is 15.2. The molecular formula is C31H49NO8. The molecule has 1 rings (SSSR count). The number of ether oxygens (including phenoxy) is 3. The van der Waals surface area contributed by atoms with Crippen molar-refractivity contribution in [1.82, 2.24) is 5.32 Å². The molecule has 1 aromatic carbocycles. The second-order valence-corrected chi connectivity index (χ2v) is 12.9. The van der Waals surface area contributed by atoms with Gasteiger partial charge in [-0.15, -0.1) is 0 Å². The smallest absolute Gasteiger partial charge is 0.364 e. The third kappa shape index (κ3) is 12.9. The Labute approximate surface area is 239 Å². The van der Waals surface area contributed by atoms with Crippen molar-refractivity contribution < 1.29 is 38.5 Å². The molecule has 9 heteroatoms. The number of rotatable bonds is 15. The molecule has 2 atom stereocenters.